The number of amides is 1. The maximum Gasteiger partial charge on any atom is 0.264 e. The molecule has 0 aliphatic heterocycles. The van der Waals surface area contributed by atoms with Crippen LogP contribution in [0.4, 0.5) is 11.4 Å². The molecule has 0 atom stereocenters. The number of aryl methyl sites for hydroxylation is 1. The molecule has 170 valence electrons. The largest absolute Gasteiger partial charge is 0.456 e. The Morgan fingerprint density at radius 3 is 2.26 bits per heavy atom. The Morgan fingerprint density at radius 2 is 1.50 bits per heavy atom. The van der Waals surface area contributed by atoms with Crippen LogP contribution in [-0.4, -0.2) is 20.9 Å². The molecule has 0 aliphatic carbocycles. The van der Waals surface area contributed by atoms with E-state index in [1.807, 2.05) is 37.3 Å². The quantitative estimate of drug-likeness (QED) is 0.344. The van der Waals surface area contributed by atoms with E-state index in [4.69, 9.17) is 4.42 Å². The zero-order valence-corrected chi connectivity index (χ0v) is 19.2. The van der Waals surface area contributed by atoms with Crippen molar-refractivity contribution in [3.8, 4) is 0 Å². The highest BCUT2D eigenvalue weighted by atomic mass is 32.2. The summed E-state index contributed by atoms with van der Waals surface area (Å²) in [6.07, 6.45) is 0. The minimum Gasteiger partial charge on any atom is -0.456 e. The van der Waals surface area contributed by atoms with Crippen molar-refractivity contribution >= 4 is 49.2 Å². The smallest absolute Gasteiger partial charge is 0.264 e. The standard InChI is InChI=1S/C27H22N2O4S/c1-19-11-14-22(15-12-19)34(31,32)29(21-7-3-2-4-8-21)18-27(30)28-20-13-16-24-23-9-5-6-10-25(23)33-26(24)17-20/h2-17H,18H2,1H3,(H,28,30). The number of anilines is 2. The summed E-state index contributed by atoms with van der Waals surface area (Å²) in [6, 6.07) is 28.3. The molecule has 5 aromatic rings. The van der Waals surface area contributed by atoms with E-state index in [-0.39, 0.29) is 11.4 Å². The fraction of sp³-hybridized carbons (Fsp3) is 0.0741. The molecule has 0 spiro atoms. The number of nitrogens with zero attached hydrogens (tertiary/aromatic N) is 1. The van der Waals surface area contributed by atoms with Gasteiger partial charge in [-0.15, -0.1) is 0 Å². The summed E-state index contributed by atoms with van der Waals surface area (Å²) < 4.78 is 33.9. The topological polar surface area (TPSA) is 79.6 Å². The Labute approximate surface area is 197 Å². The van der Waals surface area contributed by atoms with Gasteiger partial charge < -0.3 is 9.73 Å². The fourth-order valence-corrected chi connectivity index (χ4v) is 5.30. The molecule has 34 heavy (non-hydrogen) atoms. The van der Waals surface area contributed by atoms with Gasteiger partial charge in [-0.25, -0.2) is 8.42 Å². The molecular weight excluding hydrogens is 448 g/mol. The molecule has 1 heterocycles. The molecule has 1 aromatic heterocycles. The van der Waals surface area contributed by atoms with Gasteiger partial charge in [-0.2, -0.15) is 0 Å². The van der Waals surface area contributed by atoms with Crippen LogP contribution in [0.3, 0.4) is 0 Å². The first kappa shape index (κ1) is 21.7. The number of benzene rings is 4. The van der Waals surface area contributed by atoms with Crippen LogP contribution in [0.25, 0.3) is 21.9 Å². The van der Waals surface area contributed by atoms with Crippen molar-refractivity contribution in [3.63, 3.8) is 0 Å². The number of carbonyl (C=O) groups excluding carboxylic acids is 1. The van der Waals surface area contributed by atoms with E-state index in [0.717, 1.165) is 26.2 Å². The maximum atomic E-state index is 13.4. The lowest BCUT2D eigenvalue weighted by Crippen LogP contribution is -2.38. The van der Waals surface area contributed by atoms with Gasteiger partial charge in [-0.05, 0) is 49.4 Å². The average molecular weight is 471 g/mol. The molecule has 0 aliphatic rings. The molecule has 0 bridgehead atoms. The first-order chi connectivity index (χ1) is 16.4. The minimum atomic E-state index is -3.96. The summed E-state index contributed by atoms with van der Waals surface area (Å²) in [5, 5.41) is 4.75. The van der Waals surface area contributed by atoms with Gasteiger partial charge in [0.05, 0.1) is 10.6 Å². The van der Waals surface area contributed by atoms with Crippen molar-refractivity contribution in [2.45, 2.75) is 11.8 Å². The number of carbonyl (C=O) groups is 1. The molecule has 4 aromatic carbocycles. The van der Waals surface area contributed by atoms with Crippen LogP contribution in [0.15, 0.2) is 106 Å². The van der Waals surface area contributed by atoms with E-state index in [1.54, 1.807) is 66.7 Å². The predicted octanol–water partition coefficient (Wildman–Crippen LogP) is 5.73. The number of sulfonamides is 1. The van der Waals surface area contributed by atoms with E-state index in [2.05, 4.69) is 5.32 Å². The lowest BCUT2D eigenvalue weighted by atomic mass is 10.1. The van der Waals surface area contributed by atoms with Crippen LogP contribution in [0.1, 0.15) is 5.56 Å². The van der Waals surface area contributed by atoms with Gasteiger partial charge in [0.15, 0.2) is 0 Å². The summed E-state index contributed by atoms with van der Waals surface area (Å²) in [5.41, 5.74) is 3.29. The SMILES string of the molecule is Cc1ccc(S(=O)(=O)N(CC(=O)Nc2ccc3c(c2)oc2ccccc23)c2ccccc2)cc1. The van der Waals surface area contributed by atoms with E-state index in [9.17, 15) is 13.2 Å². The number of furan rings is 1. The van der Waals surface area contributed by atoms with Gasteiger partial charge in [0.1, 0.15) is 17.7 Å². The van der Waals surface area contributed by atoms with Crippen molar-refractivity contribution in [1.29, 1.82) is 0 Å². The molecule has 0 radical (unpaired) electrons. The molecule has 0 fully saturated rings. The van der Waals surface area contributed by atoms with Crippen molar-refractivity contribution in [2.75, 3.05) is 16.2 Å². The summed E-state index contributed by atoms with van der Waals surface area (Å²) in [6.45, 7) is 1.51. The van der Waals surface area contributed by atoms with Gasteiger partial charge in [0.25, 0.3) is 10.0 Å². The van der Waals surface area contributed by atoms with Gasteiger partial charge in [-0.1, -0.05) is 54.1 Å². The molecule has 6 nitrogen and oxygen atoms in total. The molecule has 7 heteroatoms. The average Bonchev–Trinajstić information content (AvgIpc) is 3.21. The first-order valence-electron chi connectivity index (χ1n) is 10.8. The summed E-state index contributed by atoms with van der Waals surface area (Å²) >= 11 is 0. The van der Waals surface area contributed by atoms with E-state index in [0.29, 0.717) is 17.0 Å². The lowest BCUT2D eigenvalue weighted by molar-refractivity contribution is -0.114. The first-order valence-corrected chi connectivity index (χ1v) is 12.2. The Bertz CT molecular complexity index is 1590. The molecule has 0 unspecified atom stereocenters. The van der Waals surface area contributed by atoms with Crippen molar-refractivity contribution in [1.82, 2.24) is 0 Å². The van der Waals surface area contributed by atoms with Crippen LogP contribution in [0.5, 0.6) is 0 Å². The van der Waals surface area contributed by atoms with Gasteiger partial charge in [0, 0.05) is 22.5 Å². The highest BCUT2D eigenvalue weighted by molar-refractivity contribution is 7.92. The molecule has 5 rings (SSSR count). The van der Waals surface area contributed by atoms with Gasteiger partial charge >= 0.3 is 0 Å². The Morgan fingerprint density at radius 1 is 0.824 bits per heavy atom. The maximum absolute atomic E-state index is 13.4. The highest BCUT2D eigenvalue weighted by Crippen LogP contribution is 2.30. The van der Waals surface area contributed by atoms with E-state index >= 15 is 0 Å². The van der Waals surface area contributed by atoms with Crippen molar-refractivity contribution in [2.24, 2.45) is 0 Å². The van der Waals surface area contributed by atoms with Gasteiger partial charge in [0.2, 0.25) is 5.91 Å². The second-order valence-electron chi connectivity index (χ2n) is 8.02. The molecule has 1 N–H and O–H groups in total. The number of para-hydroxylation sites is 2. The van der Waals surface area contributed by atoms with Crippen LogP contribution < -0.4 is 9.62 Å². The van der Waals surface area contributed by atoms with Crippen molar-refractivity contribution < 1.29 is 17.6 Å². The zero-order chi connectivity index (χ0) is 23.7. The molecule has 0 saturated heterocycles. The minimum absolute atomic E-state index is 0.124. The number of fused-ring (bicyclic) bond motifs is 3. The Hall–Kier alpha value is -4.10. The number of hydrogen-bond donors (Lipinski definition) is 1. The van der Waals surface area contributed by atoms with Crippen LogP contribution in [-0.2, 0) is 14.8 Å². The second-order valence-corrected chi connectivity index (χ2v) is 9.88. The summed E-state index contributed by atoms with van der Waals surface area (Å²) in [5.74, 6) is -0.463. The third kappa shape index (κ3) is 4.13. The fourth-order valence-electron chi connectivity index (χ4n) is 3.88. The second kappa shape index (κ2) is 8.68. The van der Waals surface area contributed by atoms with Crippen molar-refractivity contribution in [3.05, 3.63) is 103 Å². The normalized spacial score (nSPS) is 11.6. The number of rotatable bonds is 6. The summed E-state index contributed by atoms with van der Waals surface area (Å²) in [7, 11) is -3.96. The highest BCUT2D eigenvalue weighted by Gasteiger charge is 2.27. The zero-order valence-electron chi connectivity index (χ0n) is 18.4. The van der Waals surface area contributed by atoms with E-state index in [1.165, 1.54) is 0 Å². The van der Waals surface area contributed by atoms with Gasteiger partial charge in [-0.3, -0.25) is 9.10 Å². The predicted molar refractivity (Wildman–Crippen MR) is 135 cm³/mol. The summed E-state index contributed by atoms with van der Waals surface area (Å²) in [4.78, 5) is 13.1. The van der Waals surface area contributed by atoms with E-state index < -0.39 is 15.9 Å². The Kier molecular flexibility index (Phi) is 5.55. The molecule has 0 saturated carbocycles. The number of nitrogens with one attached hydrogen (secondary N) is 1. The van der Waals surface area contributed by atoms with Crippen LogP contribution >= 0.6 is 0 Å². The lowest BCUT2D eigenvalue weighted by Gasteiger charge is -2.24. The monoisotopic (exact) mass is 470 g/mol. The third-order valence-corrected chi connectivity index (χ3v) is 7.39. The molecule has 1 amide bonds. The van der Waals surface area contributed by atoms with Crippen LogP contribution in [0, 0.1) is 6.92 Å². The molecular formula is C27H22N2O4S. The Balaban J connectivity index is 1.44. The number of hydrogen-bond acceptors (Lipinski definition) is 4. The van der Waals surface area contributed by atoms with Crippen LogP contribution in [0.2, 0.25) is 0 Å². The third-order valence-electron chi connectivity index (χ3n) is 5.60.